The van der Waals surface area contributed by atoms with Crippen LogP contribution in [0.25, 0.3) is 11.3 Å². The molecular weight excluding hydrogens is 507 g/mol. The van der Waals surface area contributed by atoms with Crippen LogP contribution in [0.4, 0.5) is 18.9 Å². The molecule has 2 aliphatic heterocycles. The van der Waals surface area contributed by atoms with Gasteiger partial charge >= 0.3 is 0 Å². The van der Waals surface area contributed by atoms with Gasteiger partial charge in [0.15, 0.2) is 0 Å². The SMILES string of the molecule is C[C@H]1CN(c2ccncc2CCc2ccc(F)c(-c3c(F)cc(CN4CC[C@@H](O)C4)cc3F)n2)C[C@@H](N)[C@@H]1O. The van der Waals surface area contributed by atoms with Gasteiger partial charge in [-0.1, -0.05) is 6.92 Å². The van der Waals surface area contributed by atoms with Gasteiger partial charge in [0.05, 0.1) is 17.8 Å². The first-order valence-electron chi connectivity index (χ1n) is 13.3. The number of benzene rings is 1. The number of anilines is 1. The van der Waals surface area contributed by atoms with Crippen LogP contribution in [0.15, 0.2) is 42.7 Å². The van der Waals surface area contributed by atoms with E-state index in [1.54, 1.807) is 12.4 Å². The van der Waals surface area contributed by atoms with E-state index in [9.17, 15) is 14.6 Å². The van der Waals surface area contributed by atoms with E-state index >= 15 is 8.78 Å². The molecule has 7 nitrogen and oxygen atoms in total. The normalized spacial score (nSPS) is 23.9. The standard InChI is InChI=1S/C29H34F3N5O2/c1-17-13-37(16-25(33)29(17)39)26-6-8-34-12-19(26)2-3-20-4-5-22(30)28(35-20)27-23(31)10-18(11-24(27)32)14-36-9-7-21(38)15-36/h4-6,8,10-12,17,21,25,29,38-39H,2-3,7,9,13-16,33H2,1H3/t17-,21+,25+,29+/m0/s1. The number of hydrogen-bond donors (Lipinski definition) is 3. The number of pyridine rings is 2. The Bertz CT molecular complexity index is 1290. The lowest BCUT2D eigenvalue weighted by molar-refractivity contribution is 0.0784. The maximum absolute atomic E-state index is 15.1. The van der Waals surface area contributed by atoms with Crippen LogP contribution in [0, 0.1) is 23.4 Å². The average Bonchev–Trinajstić information content (AvgIpc) is 3.31. The zero-order valence-corrected chi connectivity index (χ0v) is 21.9. The van der Waals surface area contributed by atoms with Crippen molar-refractivity contribution in [2.75, 3.05) is 31.1 Å². The summed E-state index contributed by atoms with van der Waals surface area (Å²) >= 11 is 0. The number of β-amino-alcohol motifs (C(OH)–C–C–N with tert-alkyl or cyclic N) is 1. The van der Waals surface area contributed by atoms with Crippen LogP contribution < -0.4 is 10.6 Å². The van der Waals surface area contributed by atoms with Gasteiger partial charge in [0.25, 0.3) is 0 Å². The van der Waals surface area contributed by atoms with Crippen LogP contribution in [0.2, 0.25) is 0 Å². The van der Waals surface area contributed by atoms with E-state index in [2.05, 4.69) is 14.9 Å². The van der Waals surface area contributed by atoms with Crippen molar-refractivity contribution in [1.82, 2.24) is 14.9 Å². The minimum Gasteiger partial charge on any atom is -0.392 e. The molecule has 208 valence electrons. The van der Waals surface area contributed by atoms with Crippen LogP contribution in [0.5, 0.6) is 0 Å². The van der Waals surface area contributed by atoms with E-state index in [0.29, 0.717) is 63.2 Å². The number of hydrogen-bond acceptors (Lipinski definition) is 7. The monoisotopic (exact) mass is 541 g/mol. The third-order valence-electron chi connectivity index (χ3n) is 7.73. The van der Waals surface area contributed by atoms with Crippen molar-refractivity contribution in [3.05, 3.63) is 77.0 Å². The molecule has 10 heteroatoms. The number of nitrogens with two attached hydrogens (primary N) is 1. The van der Waals surface area contributed by atoms with Crippen LogP contribution in [0.1, 0.15) is 30.2 Å². The average molecular weight is 542 g/mol. The second-order valence-electron chi connectivity index (χ2n) is 10.8. The zero-order valence-electron chi connectivity index (χ0n) is 21.9. The molecule has 0 radical (unpaired) electrons. The fraction of sp³-hybridized carbons (Fsp3) is 0.448. The van der Waals surface area contributed by atoms with Crippen molar-refractivity contribution in [3.8, 4) is 11.3 Å². The Morgan fingerprint density at radius 2 is 1.77 bits per heavy atom. The van der Waals surface area contributed by atoms with Gasteiger partial charge in [0.2, 0.25) is 0 Å². The van der Waals surface area contributed by atoms with Gasteiger partial charge in [-0.2, -0.15) is 0 Å². The molecule has 0 unspecified atom stereocenters. The Balaban J connectivity index is 1.34. The van der Waals surface area contributed by atoms with E-state index in [1.165, 1.54) is 24.3 Å². The van der Waals surface area contributed by atoms with Crippen LogP contribution in [-0.4, -0.2) is 69.5 Å². The van der Waals surface area contributed by atoms with Crippen molar-refractivity contribution in [2.45, 2.75) is 51.0 Å². The largest absolute Gasteiger partial charge is 0.392 e. The number of piperidine rings is 1. The Hall–Kier alpha value is -3.05. The first-order chi connectivity index (χ1) is 18.7. The lowest BCUT2D eigenvalue weighted by Gasteiger charge is -2.40. The second-order valence-corrected chi connectivity index (χ2v) is 10.8. The zero-order chi connectivity index (χ0) is 27.7. The number of aryl methyl sites for hydroxylation is 2. The van der Waals surface area contributed by atoms with Gasteiger partial charge in [-0.25, -0.2) is 18.2 Å². The lowest BCUT2D eigenvalue weighted by Crippen LogP contribution is -2.55. The van der Waals surface area contributed by atoms with Gasteiger partial charge in [-0.15, -0.1) is 0 Å². The molecule has 4 N–H and O–H groups in total. The van der Waals surface area contributed by atoms with E-state index in [-0.39, 0.29) is 17.7 Å². The summed E-state index contributed by atoms with van der Waals surface area (Å²) in [4.78, 5) is 12.6. The molecule has 3 aromatic rings. The number of aliphatic hydroxyl groups excluding tert-OH is 2. The molecule has 2 fully saturated rings. The molecule has 0 amide bonds. The van der Waals surface area contributed by atoms with Gasteiger partial charge in [0.1, 0.15) is 23.1 Å². The highest BCUT2D eigenvalue weighted by atomic mass is 19.1. The minimum atomic E-state index is -0.874. The summed E-state index contributed by atoms with van der Waals surface area (Å²) in [6, 6.07) is 6.67. The number of aromatic nitrogens is 2. The molecular formula is C29H34F3N5O2. The van der Waals surface area contributed by atoms with Gasteiger partial charge in [-0.05, 0) is 60.7 Å². The molecule has 4 atom stereocenters. The quantitative estimate of drug-likeness (QED) is 0.423. The number of rotatable bonds is 7. The summed E-state index contributed by atoms with van der Waals surface area (Å²) in [5.74, 6) is -2.54. The Morgan fingerprint density at radius 3 is 2.46 bits per heavy atom. The highest BCUT2D eigenvalue weighted by molar-refractivity contribution is 5.62. The Morgan fingerprint density at radius 1 is 1.00 bits per heavy atom. The van der Waals surface area contributed by atoms with Crippen molar-refractivity contribution in [3.63, 3.8) is 0 Å². The van der Waals surface area contributed by atoms with Gasteiger partial charge in [-0.3, -0.25) is 9.88 Å². The third-order valence-corrected chi connectivity index (χ3v) is 7.73. The van der Waals surface area contributed by atoms with E-state index < -0.39 is 35.2 Å². The first-order valence-corrected chi connectivity index (χ1v) is 13.3. The first kappa shape index (κ1) is 27.5. The highest BCUT2D eigenvalue weighted by Gasteiger charge is 2.31. The van der Waals surface area contributed by atoms with Crippen molar-refractivity contribution >= 4 is 5.69 Å². The van der Waals surface area contributed by atoms with Gasteiger partial charge in [0, 0.05) is 68.5 Å². The molecule has 5 rings (SSSR count). The van der Waals surface area contributed by atoms with E-state index in [1.807, 2.05) is 17.9 Å². The molecule has 0 aliphatic carbocycles. The fourth-order valence-corrected chi connectivity index (χ4v) is 5.65. The number of aliphatic hydroxyl groups is 2. The maximum atomic E-state index is 15.1. The molecule has 2 aromatic heterocycles. The summed E-state index contributed by atoms with van der Waals surface area (Å²) in [5.41, 5.74) is 8.11. The third kappa shape index (κ3) is 6.09. The summed E-state index contributed by atoms with van der Waals surface area (Å²) < 4.78 is 45.0. The van der Waals surface area contributed by atoms with Crippen LogP contribution in [0.3, 0.4) is 0 Å². The lowest BCUT2D eigenvalue weighted by atomic mass is 9.92. The summed E-state index contributed by atoms with van der Waals surface area (Å²) in [6.45, 7) is 4.52. The molecule has 2 aliphatic rings. The molecule has 2 saturated heterocycles. The van der Waals surface area contributed by atoms with Crippen molar-refractivity contribution < 1.29 is 23.4 Å². The van der Waals surface area contributed by atoms with E-state index in [0.717, 1.165) is 11.3 Å². The van der Waals surface area contributed by atoms with Gasteiger partial charge < -0.3 is 20.8 Å². The van der Waals surface area contributed by atoms with Crippen LogP contribution in [-0.2, 0) is 19.4 Å². The summed E-state index contributed by atoms with van der Waals surface area (Å²) in [5, 5.41) is 19.9. The molecule has 0 saturated carbocycles. The molecule has 0 spiro atoms. The fourth-order valence-electron chi connectivity index (χ4n) is 5.65. The number of halogens is 3. The highest BCUT2D eigenvalue weighted by Crippen LogP contribution is 2.30. The molecule has 4 heterocycles. The second kappa shape index (κ2) is 11.6. The minimum absolute atomic E-state index is 0.00853. The van der Waals surface area contributed by atoms with E-state index in [4.69, 9.17) is 5.73 Å². The topological polar surface area (TPSA) is 98.7 Å². The van der Waals surface area contributed by atoms with Crippen molar-refractivity contribution in [1.29, 1.82) is 0 Å². The smallest absolute Gasteiger partial charge is 0.149 e. The molecule has 39 heavy (non-hydrogen) atoms. The summed E-state index contributed by atoms with van der Waals surface area (Å²) in [7, 11) is 0. The number of nitrogens with zero attached hydrogens (tertiary/aromatic N) is 4. The predicted octanol–water partition coefficient (Wildman–Crippen LogP) is 3.06. The molecule has 0 bridgehead atoms. The van der Waals surface area contributed by atoms with Crippen molar-refractivity contribution in [2.24, 2.45) is 11.7 Å². The predicted molar refractivity (Wildman–Crippen MR) is 142 cm³/mol. The molecule has 1 aromatic carbocycles. The summed E-state index contributed by atoms with van der Waals surface area (Å²) in [6.07, 6.45) is 4.03. The Kier molecular flexibility index (Phi) is 8.18. The Labute approximate surface area is 226 Å². The maximum Gasteiger partial charge on any atom is 0.149 e. The van der Waals surface area contributed by atoms with Crippen LogP contribution >= 0.6 is 0 Å². The number of likely N-dealkylation sites (tertiary alicyclic amines) is 1.